The molecule has 2 heterocycles. The molecule has 0 saturated carbocycles. The first-order valence-corrected chi connectivity index (χ1v) is 6.28. The van der Waals surface area contributed by atoms with E-state index in [9.17, 15) is 4.79 Å². The van der Waals surface area contributed by atoms with E-state index in [1.807, 2.05) is 4.57 Å². The van der Waals surface area contributed by atoms with Crippen molar-refractivity contribution in [1.82, 2.24) is 14.8 Å². The molecule has 2 rings (SSSR count). The summed E-state index contributed by atoms with van der Waals surface area (Å²) in [4.78, 5) is 11.0. The molecule has 5 nitrogen and oxygen atoms in total. The standard InChI is InChI=1S/C12H19N3O2/c1-3-4-8(2)11-14-13-10-6-5-9(12(16)17)7-15(10)11/h8-9H,3-7H2,1-2H3,(H,16,17). The minimum atomic E-state index is -0.710. The fourth-order valence-electron chi connectivity index (χ4n) is 2.48. The second-order valence-corrected chi connectivity index (χ2v) is 4.85. The van der Waals surface area contributed by atoms with Crippen molar-refractivity contribution in [3.05, 3.63) is 11.6 Å². The molecule has 0 fully saturated rings. The second-order valence-electron chi connectivity index (χ2n) is 4.85. The first-order chi connectivity index (χ1) is 8.13. The van der Waals surface area contributed by atoms with Crippen molar-refractivity contribution in [2.45, 2.75) is 52.0 Å². The van der Waals surface area contributed by atoms with Crippen LogP contribution in [0.1, 0.15) is 50.7 Å². The zero-order valence-corrected chi connectivity index (χ0v) is 10.4. The van der Waals surface area contributed by atoms with Crippen molar-refractivity contribution in [3.8, 4) is 0 Å². The van der Waals surface area contributed by atoms with Crippen LogP contribution >= 0.6 is 0 Å². The van der Waals surface area contributed by atoms with Crippen LogP contribution in [0.3, 0.4) is 0 Å². The maximum atomic E-state index is 11.0. The third-order valence-corrected chi connectivity index (χ3v) is 3.49. The molecule has 0 bridgehead atoms. The predicted molar refractivity (Wildman–Crippen MR) is 62.8 cm³/mol. The van der Waals surface area contributed by atoms with Crippen LogP contribution in [-0.2, 0) is 17.8 Å². The molecule has 1 aromatic heterocycles. The van der Waals surface area contributed by atoms with Gasteiger partial charge in [0, 0.05) is 18.9 Å². The highest BCUT2D eigenvalue weighted by atomic mass is 16.4. The molecule has 2 unspecified atom stereocenters. The first kappa shape index (κ1) is 12.1. The van der Waals surface area contributed by atoms with E-state index in [0.717, 1.165) is 30.9 Å². The summed E-state index contributed by atoms with van der Waals surface area (Å²) in [7, 11) is 0. The van der Waals surface area contributed by atoms with Gasteiger partial charge in [-0.2, -0.15) is 0 Å². The van der Waals surface area contributed by atoms with Gasteiger partial charge in [-0.25, -0.2) is 0 Å². The molecule has 0 saturated heterocycles. The number of aliphatic carboxylic acids is 1. The Hall–Kier alpha value is -1.39. The maximum Gasteiger partial charge on any atom is 0.308 e. The molecule has 0 radical (unpaired) electrons. The largest absolute Gasteiger partial charge is 0.481 e. The Morgan fingerprint density at radius 1 is 1.59 bits per heavy atom. The molecule has 17 heavy (non-hydrogen) atoms. The Bertz CT molecular complexity index is 414. The lowest BCUT2D eigenvalue weighted by molar-refractivity contribution is -0.142. The van der Waals surface area contributed by atoms with Crippen molar-refractivity contribution in [3.63, 3.8) is 0 Å². The number of fused-ring (bicyclic) bond motifs is 1. The normalized spacial score (nSPS) is 20.9. The van der Waals surface area contributed by atoms with E-state index < -0.39 is 5.97 Å². The number of carboxylic acids is 1. The summed E-state index contributed by atoms with van der Waals surface area (Å²) < 4.78 is 2.02. The van der Waals surface area contributed by atoms with Crippen molar-refractivity contribution < 1.29 is 9.90 Å². The average molecular weight is 237 g/mol. The van der Waals surface area contributed by atoms with E-state index in [4.69, 9.17) is 5.11 Å². The molecule has 1 N–H and O–H groups in total. The maximum absolute atomic E-state index is 11.0. The number of nitrogens with zero attached hydrogens (tertiary/aromatic N) is 3. The third-order valence-electron chi connectivity index (χ3n) is 3.49. The fraction of sp³-hybridized carbons (Fsp3) is 0.750. The Balaban J connectivity index is 2.22. The van der Waals surface area contributed by atoms with E-state index in [0.29, 0.717) is 18.9 Å². The highest BCUT2D eigenvalue weighted by Gasteiger charge is 2.28. The van der Waals surface area contributed by atoms with E-state index in [1.54, 1.807) is 0 Å². The zero-order chi connectivity index (χ0) is 12.4. The van der Waals surface area contributed by atoms with E-state index in [1.165, 1.54) is 0 Å². The minimum absolute atomic E-state index is 0.286. The second kappa shape index (κ2) is 4.85. The topological polar surface area (TPSA) is 68.0 Å². The van der Waals surface area contributed by atoms with Gasteiger partial charge in [0.15, 0.2) is 0 Å². The predicted octanol–water partition coefficient (Wildman–Crippen LogP) is 1.83. The lowest BCUT2D eigenvalue weighted by Crippen LogP contribution is -2.28. The Kier molecular flexibility index (Phi) is 3.45. The molecule has 5 heteroatoms. The van der Waals surface area contributed by atoms with Gasteiger partial charge in [0.25, 0.3) is 0 Å². The summed E-state index contributed by atoms with van der Waals surface area (Å²) in [5, 5.41) is 17.5. The smallest absolute Gasteiger partial charge is 0.308 e. The monoisotopic (exact) mass is 237 g/mol. The molecule has 2 atom stereocenters. The van der Waals surface area contributed by atoms with Gasteiger partial charge >= 0.3 is 5.97 Å². The van der Waals surface area contributed by atoms with Crippen LogP contribution in [0.15, 0.2) is 0 Å². The number of aryl methyl sites for hydroxylation is 1. The number of carbonyl (C=O) groups is 1. The zero-order valence-electron chi connectivity index (χ0n) is 10.4. The summed E-state index contributed by atoms with van der Waals surface area (Å²) in [6.07, 6.45) is 3.57. The number of rotatable bonds is 4. The fourth-order valence-corrected chi connectivity index (χ4v) is 2.48. The van der Waals surface area contributed by atoms with E-state index >= 15 is 0 Å². The van der Waals surface area contributed by atoms with Crippen molar-refractivity contribution in [1.29, 1.82) is 0 Å². The van der Waals surface area contributed by atoms with Crippen LogP contribution in [0.5, 0.6) is 0 Å². The lowest BCUT2D eigenvalue weighted by Gasteiger charge is -2.22. The van der Waals surface area contributed by atoms with Gasteiger partial charge in [-0.05, 0) is 12.8 Å². The summed E-state index contributed by atoms with van der Waals surface area (Å²) in [6.45, 7) is 4.80. The van der Waals surface area contributed by atoms with Gasteiger partial charge in [0.2, 0.25) is 0 Å². The lowest BCUT2D eigenvalue weighted by atomic mass is 9.98. The molecule has 1 aliphatic rings. The minimum Gasteiger partial charge on any atom is -0.481 e. The summed E-state index contributed by atoms with van der Waals surface area (Å²) >= 11 is 0. The van der Waals surface area contributed by atoms with Crippen molar-refractivity contribution in [2.24, 2.45) is 5.92 Å². The summed E-state index contributed by atoms with van der Waals surface area (Å²) in [5.74, 6) is 1.26. The molecular formula is C12H19N3O2. The average Bonchev–Trinajstić information content (AvgIpc) is 2.71. The van der Waals surface area contributed by atoms with Gasteiger partial charge in [0.1, 0.15) is 11.6 Å². The summed E-state index contributed by atoms with van der Waals surface area (Å²) in [6, 6.07) is 0. The molecule has 0 aliphatic carbocycles. The van der Waals surface area contributed by atoms with Gasteiger partial charge < -0.3 is 9.67 Å². The van der Waals surface area contributed by atoms with Gasteiger partial charge in [-0.1, -0.05) is 20.3 Å². The molecule has 0 amide bonds. The molecule has 0 spiro atoms. The van der Waals surface area contributed by atoms with Crippen LogP contribution in [0.25, 0.3) is 0 Å². The highest BCUT2D eigenvalue weighted by Crippen LogP contribution is 2.25. The van der Waals surface area contributed by atoms with Crippen LogP contribution in [0.2, 0.25) is 0 Å². The molecule has 1 aromatic rings. The molecule has 94 valence electrons. The highest BCUT2D eigenvalue weighted by molar-refractivity contribution is 5.70. The number of carboxylic acid groups (broad SMARTS) is 1. The SMILES string of the molecule is CCCC(C)c1nnc2n1CC(C(=O)O)CC2. The van der Waals surface area contributed by atoms with Gasteiger partial charge in [0.05, 0.1) is 5.92 Å². The van der Waals surface area contributed by atoms with Crippen LogP contribution in [-0.4, -0.2) is 25.8 Å². The number of aromatic nitrogens is 3. The van der Waals surface area contributed by atoms with Gasteiger partial charge in [-0.3, -0.25) is 4.79 Å². The third kappa shape index (κ3) is 2.33. The molecule has 1 aliphatic heterocycles. The summed E-state index contributed by atoms with van der Waals surface area (Å²) in [5.41, 5.74) is 0. The van der Waals surface area contributed by atoms with Crippen molar-refractivity contribution in [2.75, 3.05) is 0 Å². The molecule has 0 aromatic carbocycles. The quantitative estimate of drug-likeness (QED) is 0.867. The van der Waals surface area contributed by atoms with Gasteiger partial charge in [-0.15, -0.1) is 10.2 Å². The molecular weight excluding hydrogens is 218 g/mol. The van der Waals surface area contributed by atoms with Crippen LogP contribution in [0.4, 0.5) is 0 Å². The van der Waals surface area contributed by atoms with Crippen LogP contribution in [0, 0.1) is 5.92 Å². The Morgan fingerprint density at radius 3 is 3.00 bits per heavy atom. The van der Waals surface area contributed by atoms with Crippen LogP contribution < -0.4 is 0 Å². The Labute approximate surface area is 101 Å². The van der Waals surface area contributed by atoms with Crippen molar-refractivity contribution >= 4 is 5.97 Å². The van der Waals surface area contributed by atoms with E-state index in [2.05, 4.69) is 24.0 Å². The Morgan fingerprint density at radius 2 is 2.35 bits per heavy atom. The van der Waals surface area contributed by atoms with E-state index in [-0.39, 0.29) is 5.92 Å². The first-order valence-electron chi connectivity index (χ1n) is 6.28. The number of hydrogen-bond acceptors (Lipinski definition) is 3. The number of hydrogen-bond donors (Lipinski definition) is 1.